The van der Waals surface area contributed by atoms with Crippen molar-refractivity contribution in [3.8, 4) is 0 Å². The van der Waals surface area contributed by atoms with Gasteiger partial charge in [-0.15, -0.1) is 11.3 Å². The van der Waals surface area contributed by atoms with Crippen molar-refractivity contribution in [3.05, 3.63) is 21.9 Å². The van der Waals surface area contributed by atoms with Crippen LogP contribution in [0.3, 0.4) is 0 Å². The van der Waals surface area contributed by atoms with Gasteiger partial charge in [-0.25, -0.2) is 0 Å². The number of hydrogen-bond donors (Lipinski definition) is 1. The van der Waals surface area contributed by atoms with Gasteiger partial charge in [0, 0.05) is 9.75 Å². The van der Waals surface area contributed by atoms with Crippen LogP contribution >= 0.6 is 24.0 Å². The van der Waals surface area contributed by atoms with Crippen molar-refractivity contribution in [2.75, 3.05) is 5.75 Å². The molecule has 0 unspecified atom stereocenters. The molecule has 0 aliphatic carbocycles. The molecule has 1 aromatic heterocycles. The van der Waals surface area contributed by atoms with E-state index in [4.69, 9.17) is 0 Å². The number of aryl methyl sites for hydroxylation is 2. The zero-order chi connectivity index (χ0) is 8.10. The lowest BCUT2D eigenvalue weighted by atomic mass is 10.3. The van der Waals surface area contributed by atoms with Gasteiger partial charge in [-0.2, -0.15) is 12.6 Å². The van der Waals surface area contributed by atoms with Crippen LogP contribution in [0.5, 0.6) is 0 Å². The molecule has 0 radical (unpaired) electrons. The fourth-order valence-corrected chi connectivity index (χ4v) is 2.16. The van der Waals surface area contributed by atoms with E-state index in [-0.39, 0.29) is 0 Å². The van der Waals surface area contributed by atoms with Crippen molar-refractivity contribution in [2.45, 2.75) is 26.2 Å². The third-order valence-electron chi connectivity index (χ3n) is 1.65. The summed E-state index contributed by atoms with van der Waals surface area (Å²) in [5.74, 6) is 0.999. The van der Waals surface area contributed by atoms with E-state index in [0.29, 0.717) is 0 Å². The number of thiophene rings is 1. The van der Waals surface area contributed by atoms with Gasteiger partial charge in [0.2, 0.25) is 0 Å². The lowest BCUT2D eigenvalue weighted by Gasteiger charge is -1.91. The maximum atomic E-state index is 4.19. The average Bonchev–Trinajstić information content (AvgIpc) is 2.48. The van der Waals surface area contributed by atoms with Crippen LogP contribution in [-0.2, 0) is 12.8 Å². The highest BCUT2D eigenvalue weighted by Gasteiger charge is 1.96. The van der Waals surface area contributed by atoms with Crippen LogP contribution < -0.4 is 0 Å². The molecule has 0 saturated heterocycles. The SMILES string of the molecule is CCc1ccc(CCCS)s1. The van der Waals surface area contributed by atoms with Crippen molar-refractivity contribution in [3.63, 3.8) is 0 Å². The average molecular weight is 186 g/mol. The molecule has 62 valence electrons. The third kappa shape index (κ3) is 2.88. The first-order valence-corrected chi connectivity index (χ1v) is 5.50. The van der Waals surface area contributed by atoms with Crippen LogP contribution in [0, 0.1) is 0 Å². The van der Waals surface area contributed by atoms with E-state index in [0.717, 1.165) is 5.75 Å². The Balaban J connectivity index is 2.44. The van der Waals surface area contributed by atoms with Crippen LogP contribution in [-0.4, -0.2) is 5.75 Å². The second kappa shape index (κ2) is 4.83. The fourth-order valence-electron chi connectivity index (χ4n) is 1.000. The van der Waals surface area contributed by atoms with E-state index in [1.54, 1.807) is 0 Å². The topological polar surface area (TPSA) is 0 Å². The molecule has 0 N–H and O–H groups in total. The number of hydrogen-bond acceptors (Lipinski definition) is 2. The van der Waals surface area contributed by atoms with Crippen LogP contribution in [0.1, 0.15) is 23.1 Å². The van der Waals surface area contributed by atoms with Crippen molar-refractivity contribution in [1.29, 1.82) is 0 Å². The molecule has 0 aromatic carbocycles. The predicted octanol–water partition coefficient (Wildman–Crippen LogP) is 3.17. The van der Waals surface area contributed by atoms with E-state index in [1.165, 1.54) is 29.0 Å². The monoisotopic (exact) mass is 186 g/mol. The highest BCUT2D eigenvalue weighted by atomic mass is 32.1. The minimum absolute atomic E-state index is 0.999. The molecule has 1 aromatic rings. The summed E-state index contributed by atoms with van der Waals surface area (Å²) >= 11 is 6.12. The Hall–Kier alpha value is 0.0500. The molecule has 0 fully saturated rings. The van der Waals surface area contributed by atoms with Gasteiger partial charge in [0.25, 0.3) is 0 Å². The van der Waals surface area contributed by atoms with Crippen molar-refractivity contribution >= 4 is 24.0 Å². The maximum absolute atomic E-state index is 4.19. The van der Waals surface area contributed by atoms with Gasteiger partial charge in [0.1, 0.15) is 0 Å². The smallest absolute Gasteiger partial charge is 0.00484 e. The molecule has 0 aliphatic heterocycles. The Morgan fingerprint density at radius 2 is 2.09 bits per heavy atom. The Bertz CT molecular complexity index is 203. The summed E-state index contributed by atoms with van der Waals surface area (Å²) in [6.07, 6.45) is 3.58. The Kier molecular flexibility index (Phi) is 4.02. The maximum Gasteiger partial charge on any atom is 0.00484 e. The highest BCUT2D eigenvalue weighted by Crippen LogP contribution is 2.18. The summed E-state index contributed by atoms with van der Waals surface area (Å²) in [7, 11) is 0. The molecule has 2 heteroatoms. The first-order chi connectivity index (χ1) is 5.36. The lowest BCUT2D eigenvalue weighted by Crippen LogP contribution is -1.79. The van der Waals surface area contributed by atoms with Crippen LogP contribution in [0.25, 0.3) is 0 Å². The number of rotatable bonds is 4. The van der Waals surface area contributed by atoms with Crippen molar-refractivity contribution in [2.24, 2.45) is 0 Å². The lowest BCUT2D eigenvalue weighted by molar-refractivity contribution is 0.955. The van der Waals surface area contributed by atoms with Gasteiger partial charge in [0.05, 0.1) is 0 Å². The Morgan fingerprint density at radius 3 is 2.64 bits per heavy atom. The molecule has 0 bridgehead atoms. The predicted molar refractivity (Wildman–Crippen MR) is 55.9 cm³/mol. The summed E-state index contributed by atoms with van der Waals surface area (Å²) in [6.45, 7) is 2.20. The molecule has 0 nitrogen and oxygen atoms in total. The van der Waals surface area contributed by atoms with Gasteiger partial charge in [-0.3, -0.25) is 0 Å². The molecular formula is C9H14S2. The molecule has 0 atom stereocenters. The Labute approximate surface area is 78.1 Å². The van der Waals surface area contributed by atoms with E-state index >= 15 is 0 Å². The summed E-state index contributed by atoms with van der Waals surface area (Å²) in [5.41, 5.74) is 0. The number of thiol groups is 1. The molecule has 11 heavy (non-hydrogen) atoms. The largest absolute Gasteiger partial charge is 0.179 e. The summed E-state index contributed by atoms with van der Waals surface area (Å²) < 4.78 is 0. The standard InChI is InChI=1S/C9H14S2/c1-2-8-5-6-9(11-8)4-3-7-10/h5-6,10H,2-4,7H2,1H3. The van der Waals surface area contributed by atoms with E-state index in [2.05, 4.69) is 31.7 Å². The fraction of sp³-hybridized carbons (Fsp3) is 0.556. The summed E-state index contributed by atoms with van der Waals surface area (Å²) in [4.78, 5) is 3.01. The van der Waals surface area contributed by atoms with E-state index < -0.39 is 0 Å². The van der Waals surface area contributed by atoms with Crippen LogP contribution in [0.2, 0.25) is 0 Å². The van der Waals surface area contributed by atoms with E-state index in [1.807, 2.05) is 11.3 Å². The normalized spacial score (nSPS) is 10.4. The zero-order valence-corrected chi connectivity index (χ0v) is 8.55. The second-order valence-corrected chi connectivity index (χ2v) is 4.25. The van der Waals surface area contributed by atoms with Crippen LogP contribution in [0.15, 0.2) is 12.1 Å². The van der Waals surface area contributed by atoms with Gasteiger partial charge in [0.15, 0.2) is 0 Å². The van der Waals surface area contributed by atoms with Crippen molar-refractivity contribution in [1.82, 2.24) is 0 Å². The van der Waals surface area contributed by atoms with Crippen LogP contribution in [0.4, 0.5) is 0 Å². The first-order valence-electron chi connectivity index (χ1n) is 4.05. The zero-order valence-electron chi connectivity index (χ0n) is 6.84. The Morgan fingerprint density at radius 1 is 1.36 bits per heavy atom. The summed E-state index contributed by atoms with van der Waals surface area (Å²) in [6, 6.07) is 4.48. The third-order valence-corrected chi connectivity index (χ3v) is 3.25. The van der Waals surface area contributed by atoms with Gasteiger partial charge in [-0.1, -0.05) is 6.92 Å². The highest BCUT2D eigenvalue weighted by molar-refractivity contribution is 7.80. The van der Waals surface area contributed by atoms with Gasteiger partial charge in [-0.05, 0) is 37.1 Å². The molecule has 1 rings (SSSR count). The summed E-state index contributed by atoms with van der Waals surface area (Å²) in [5, 5.41) is 0. The molecule has 1 heterocycles. The minimum Gasteiger partial charge on any atom is -0.179 e. The molecule has 0 amide bonds. The first kappa shape index (κ1) is 9.14. The molecule has 0 saturated carbocycles. The second-order valence-electron chi connectivity index (χ2n) is 2.55. The quantitative estimate of drug-likeness (QED) is 0.686. The minimum atomic E-state index is 0.999. The van der Waals surface area contributed by atoms with Gasteiger partial charge < -0.3 is 0 Å². The molecule has 0 spiro atoms. The van der Waals surface area contributed by atoms with Gasteiger partial charge >= 0.3 is 0 Å². The van der Waals surface area contributed by atoms with E-state index in [9.17, 15) is 0 Å². The molecule has 0 aliphatic rings. The molecular weight excluding hydrogens is 172 g/mol. The van der Waals surface area contributed by atoms with Crippen molar-refractivity contribution < 1.29 is 0 Å².